The largest absolute Gasteiger partial charge is 0.467 e. The van der Waals surface area contributed by atoms with Crippen molar-refractivity contribution in [2.75, 3.05) is 0 Å². The first kappa shape index (κ1) is 18.2. The van der Waals surface area contributed by atoms with E-state index in [4.69, 9.17) is 4.74 Å². The number of halogens is 1. The van der Waals surface area contributed by atoms with Crippen molar-refractivity contribution in [3.63, 3.8) is 0 Å². The second-order valence-corrected chi connectivity index (χ2v) is 8.37. The first-order valence-corrected chi connectivity index (χ1v) is 10.2. The van der Waals surface area contributed by atoms with Crippen LogP contribution in [0.15, 0.2) is 48.5 Å². The van der Waals surface area contributed by atoms with Gasteiger partial charge in [-0.25, -0.2) is 4.39 Å². The Balaban J connectivity index is 1.28. The highest BCUT2D eigenvalue weighted by Crippen LogP contribution is 2.52. The minimum absolute atomic E-state index is 0.0291. The van der Waals surface area contributed by atoms with Crippen LogP contribution in [0.5, 0.6) is 5.75 Å². The maximum absolute atomic E-state index is 13.0. The lowest BCUT2D eigenvalue weighted by Gasteiger charge is -2.55. The first-order valence-electron chi connectivity index (χ1n) is 10.2. The van der Waals surface area contributed by atoms with Gasteiger partial charge in [0.1, 0.15) is 11.6 Å². The van der Waals surface area contributed by atoms with Crippen LogP contribution in [0.4, 0.5) is 4.39 Å². The van der Waals surface area contributed by atoms with E-state index in [9.17, 15) is 14.0 Å². The molecule has 6 rings (SSSR count). The lowest BCUT2D eigenvalue weighted by Crippen LogP contribution is -2.66. The summed E-state index contributed by atoms with van der Waals surface area (Å²) in [4.78, 5) is 25.5. The molecular weight excluding hydrogens is 371 g/mol. The van der Waals surface area contributed by atoms with E-state index >= 15 is 0 Å². The van der Waals surface area contributed by atoms with Crippen LogP contribution in [0.3, 0.4) is 0 Å². The molecular formula is C23H23FN2O3. The summed E-state index contributed by atoms with van der Waals surface area (Å²) in [7, 11) is 0. The third-order valence-electron chi connectivity index (χ3n) is 6.68. The summed E-state index contributed by atoms with van der Waals surface area (Å²) < 4.78 is 19.4. The molecule has 6 heteroatoms. The summed E-state index contributed by atoms with van der Waals surface area (Å²) in [5.74, 6) is 0.452. The van der Waals surface area contributed by atoms with Crippen molar-refractivity contribution < 1.29 is 18.7 Å². The van der Waals surface area contributed by atoms with Gasteiger partial charge in [0.05, 0.1) is 5.56 Å². The summed E-state index contributed by atoms with van der Waals surface area (Å²) >= 11 is 0. The molecule has 4 aliphatic rings. The fourth-order valence-electron chi connectivity index (χ4n) is 5.20. The summed E-state index contributed by atoms with van der Waals surface area (Å²) in [5.41, 5.74) is 0.729. The van der Waals surface area contributed by atoms with Crippen molar-refractivity contribution in [3.8, 4) is 5.75 Å². The van der Waals surface area contributed by atoms with E-state index in [1.165, 1.54) is 12.1 Å². The second-order valence-electron chi connectivity index (χ2n) is 8.37. The number of rotatable bonds is 3. The monoisotopic (exact) mass is 394 g/mol. The van der Waals surface area contributed by atoms with Gasteiger partial charge in [0.25, 0.3) is 5.91 Å². The first-order chi connectivity index (χ1) is 14.0. The fraction of sp³-hybridized carbons (Fsp3) is 0.391. The molecule has 150 valence electrons. The zero-order valence-electron chi connectivity index (χ0n) is 16.0. The van der Waals surface area contributed by atoms with E-state index in [0.29, 0.717) is 30.7 Å². The third-order valence-corrected chi connectivity index (χ3v) is 6.68. The van der Waals surface area contributed by atoms with Crippen LogP contribution >= 0.6 is 0 Å². The molecule has 2 N–H and O–H groups in total. The maximum Gasteiger partial charge on any atom is 0.258 e. The van der Waals surface area contributed by atoms with Crippen LogP contribution in [0.1, 0.15) is 41.6 Å². The highest BCUT2D eigenvalue weighted by Gasteiger charge is 2.57. The smallest absolute Gasteiger partial charge is 0.258 e. The van der Waals surface area contributed by atoms with E-state index in [1.54, 1.807) is 18.2 Å². The average molecular weight is 394 g/mol. The third kappa shape index (κ3) is 3.16. The standard InChI is InChI=1S/C23H23FN2O3/c24-17-9-5-14(6-10-17)13-25-21(27)19-11-16-8-7-15(19)12-23(16)26-22(28)18-3-1-2-4-20(18)29-23/h1-6,9-10,15-16,19H,7-8,11-13H2,(H,25,27)(H,26,28)/t15-,16-,19+,23-/m1/s1. The number of nitrogens with one attached hydrogen (secondary N) is 2. The summed E-state index contributed by atoms with van der Waals surface area (Å²) in [5, 5.41) is 6.11. The zero-order valence-corrected chi connectivity index (χ0v) is 16.0. The number of hydrogen-bond acceptors (Lipinski definition) is 3. The molecule has 3 saturated carbocycles. The van der Waals surface area contributed by atoms with Gasteiger partial charge in [-0.2, -0.15) is 0 Å². The Labute approximate surface area is 168 Å². The molecule has 0 aromatic heterocycles. The zero-order chi connectivity index (χ0) is 20.0. The summed E-state index contributed by atoms with van der Waals surface area (Å²) in [6, 6.07) is 13.5. The Morgan fingerprint density at radius 1 is 1.17 bits per heavy atom. The van der Waals surface area contributed by atoms with Gasteiger partial charge in [0.15, 0.2) is 5.72 Å². The molecule has 2 amide bonds. The molecule has 0 saturated heterocycles. The molecule has 2 bridgehead atoms. The lowest BCUT2D eigenvalue weighted by atomic mass is 9.60. The van der Waals surface area contributed by atoms with Gasteiger partial charge in [-0.05, 0) is 55.0 Å². The molecule has 3 aliphatic carbocycles. The number of carbonyl (C=O) groups excluding carboxylic acids is 2. The topological polar surface area (TPSA) is 67.4 Å². The van der Waals surface area contributed by atoms with E-state index in [-0.39, 0.29) is 35.4 Å². The van der Waals surface area contributed by atoms with E-state index in [2.05, 4.69) is 10.6 Å². The SMILES string of the molecule is O=C1N[C@]2(C[C@H]3CC[C@@H]2C[C@@H]3C(=O)NCc2ccc(F)cc2)Oc2ccccc21. The molecule has 0 radical (unpaired) electrons. The quantitative estimate of drug-likeness (QED) is 0.839. The molecule has 5 nitrogen and oxygen atoms in total. The van der Waals surface area contributed by atoms with Crippen LogP contribution in [0, 0.1) is 23.6 Å². The molecule has 0 unspecified atom stereocenters. The van der Waals surface area contributed by atoms with Crippen molar-refractivity contribution in [1.29, 1.82) is 0 Å². The van der Waals surface area contributed by atoms with Gasteiger partial charge in [-0.15, -0.1) is 0 Å². The maximum atomic E-state index is 13.0. The fourth-order valence-corrected chi connectivity index (χ4v) is 5.20. The van der Waals surface area contributed by atoms with Gasteiger partial charge >= 0.3 is 0 Å². The average Bonchev–Trinajstić information content (AvgIpc) is 2.73. The van der Waals surface area contributed by atoms with Crippen molar-refractivity contribution in [2.45, 2.75) is 38.0 Å². The second kappa shape index (κ2) is 6.87. The molecule has 2 aromatic rings. The summed E-state index contributed by atoms with van der Waals surface area (Å²) in [6.45, 7) is 0.388. The van der Waals surface area contributed by atoms with Gasteiger partial charge in [0, 0.05) is 24.8 Å². The van der Waals surface area contributed by atoms with Crippen molar-refractivity contribution >= 4 is 11.8 Å². The van der Waals surface area contributed by atoms with Gasteiger partial charge in [-0.1, -0.05) is 24.3 Å². The highest BCUT2D eigenvalue weighted by atomic mass is 19.1. The summed E-state index contributed by atoms with van der Waals surface area (Å²) in [6.07, 6.45) is 3.24. The molecule has 2 aromatic carbocycles. The number of ether oxygens (including phenoxy) is 1. The lowest BCUT2D eigenvalue weighted by molar-refractivity contribution is -0.146. The van der Waals surface area contributed by atoms with Crippen LogP contribution in [-0.2, 0) is 11.3 Å². The van der Waals surface area contributed by atoms with E-state index in [0.717, 1.165) is 18.4 Å². The molecule has 29 heavy (non-hydrogen) atoms. The number of fused-ring (bicyclic) bond motifs is 3. The van der Waals surface area contributed by atoms with Crippen LogP contribution in [0.25, 0.3) is 0 Å². The molecule has 1 aliphatic heterocycles. The van der Waals surface area contributed by atoms with Gasteiger partial charge in [-0.3, -0.25) is 9.59 Å². The number of amides is 2. The van der Waals surface area contributed by atoms with Crippen molar-refractivity contribution in [1.82, 2.24) is 10.6 Å². The van der Waals surface area contributed by atoms with E-state index in [1.807, 2.05) is 18.2 Å². The Bertz CT molecular complexity index is 961. The van der Waals surface area contributed by atoms with Crippen LogP contribution in [0.2, 0.25) is 0 Å². The van der Waals surface area contributed by atoms with Crippen LogP contribution < -0.4 is 15.4 Å². The predicted octanol–water partition coefficient (Wildman–Crippen LogP) is 3.40. The molecule has 4 atom stereocenters. The van der Waals surface area contributed by atoms with Crippen LogP contribution in [-0.4, -0.2) is 17.5 Å². The normalized spacial score (nSPS) is 29.7. The Morgan fingerprint density at radius 2 is 1.97 bits per heavy atom. The van der Waals surface area contributed by atoms with E-state index < -0.39 is 5.72 Å². The Kier molecular flexibility index (Phi) is 4.30. The number of benzene rings is 2. The minimum atomic E-state index is -0.706. The number of hydrogen-bond donors (Lipinski definition) is 2. The minimum Gasteiger partial charge on any atom is -0.467 e. The predicted molar refractivity (Wildman–Crippen MR) is 104 cm³/mol. The van der Waals surface area contributed by atoms with Crippen molar-refractivity contribution in [3.05, 3.63) is 65.5 Å². The molecule has 3 fully saturated rings. The Hall–Kier alpha value is -2.89. The molecule has 1 heterocycles. The van der Waals surface area contributed by atoms with Gasteiger partial charge < -0.3 is 15.4 Å². The van der Waals surface area contributed by atoms with Gasteiger partial charge in [0.2, 0.25) is 5.91 Å². The number of carbonyl (C=O) groups is 2. The highest BCUT2D eigenvalue weighted by molar-refractivity contribution is 5.98. The molecule has 1 spiro atoms. The van der Waals surface area contributed by atoms with Crippen molar-refractivity contribution in [2.24, 2.45) is 17.8 Å². The Morgan fingerprint density at radius 3 is 2.72 bits per heavy atom. The number of para-hydroxylation sites is 1.